The van der Waals surface area contributed by atoms with Crippen LogP contribution in [0.1, 0.15) is 0 Å². The fourth-order valence-electron chi connectivity index (χ4n) is 4.34. The van der Waals surface area contributed by atoms with Crippen molar-refractivity contribution in [3.63, 3.8) is 0 Å². The van der Waals surface area contributed by atoms with Gasteiger partial charge in [0.2, 0.25) is 0 Å². The highest BCUT2D eigenvalue weighted by Crippen LogP contribution is 2.39. The number of nitrogens with two attached hydrogens (primary N) is 2. The molecule has 0 bridgehead atoms. The van der Waals surface area contributed by atoms with Crippen LogP contribution in [0.3, 0.4) is 0 Å². The molecule has 0 amide bonds. The first kappa shape index (κ1) is 24.7. The number of anilines is 2. The monoisotopic (exact) mass is 522 g/mol. The van der Waals surface area contributed by atoms with Crippen LogP contribution in [0.2, 0.25) is 0 Å². The fourth-order valence-corrected chi connectivity index (χ4v) is 4.34. The van der Waals surface area contributed by atoms with Gasteiger partial charge in [0, 0.05) is 40.2 Å². The van der Waals surface area contributed by atoms with Crippen molar-refractivity contribution >= 4 is 11.4 Å². The molecule has 6 aromatic rings. The third-order valence-electron chi connectivity index (χ3n) is 6.26. The summed E-state index contributed by atoms with van der Waals surface area (Å²) in [6, 6.07) is 42.1. The average Bonchev–Trinajstić information content (AvgIpc) is 2.99. The van der Waals surface area contributed by atoms with E-state index in [1.807, 2.05) is 121 Å². The van der Waals surface area contributed by atoms with Crippen molar-refractivity contribution in [2.75, 3.05) is 11.5 Å². The maximum atomic E-state index is 6.27. The van der Waals surface area contributed by atoms with E-state index in [4.69, 9.17) is 30.9 Å². The molecule has 0 fully saturated rings. The van der Waals surface area contributed by atoms with Crippen LogP contribution < -0.4 is 20.9 Å². The van der Waals surface area contributed by atoms with Crippen molar-refractivity contribution in [3.8, 4) is 56.9 Å². The molecule has 0 aliphatic carbocycles. The Kier molecular flexibility index (Phi) is 6.80. The lowest BCUT2D eigenvalue weighted by molar-refractivity contribution is 0.484. The highest BCUT2D eigenvalue weighted by molar-refractivity contribution is 5.79. The van der Waals surface area contributed by atoms with Crippen molar-refractivity contribution < 1.29 is 9.47 Å². The maximum absolute atomic E-state index is 6.27. The summed E-state index contributed by atoms with van der Waals surface area (Å²) < 4.78 is 12.5. The first-order chi connectivity index (χ1) is 19.6. The molecule has 0 saturated heterocycles. The van der Waals surface area contributed by atoms with E-state index in [1.54, 1.807) is 12.1 Å². The number of ether oxygens (including phenoxy) is 2. The largest absolute Gasteiger partial charge is 0.457 e. The summed E-state index contributed by atoms with van der Waals surface area (Å²) >= 11 is 0. The number of benzene rings is 5. The van der Waals surface area contributed by atoms with Crippen LogP contribution >= 0.6 is 0 Å². The van der Waals surface area contributed by atoms with E-state index in [0.29, 0.717) is 51.6 Å². The van der Waals surface area contributed by atoms with Crippen LogP contribution in [0.4, 0.5) is 11.4 Å². The van der Waals surface area contributed by atoms with Crippen LogP contribution in [0.15, 0.2) is 133 Å². The standard InChI is InChI=1S/C34H26N4O2/c35-24-16-18-28(32(20-24)39-26-12-6-2-7-13-26)30-22-31(38-34(37-30)23-10-4-1-5-11-23)29-19-17-25(36)21-33(29)40-27-14-8-3-9-15-27/h1-22H,35-36H2. The lowest BCUT2D eigenvalue weighted by atomic mass is 10.0. The molecule has 0 spiro atoms. The van der Waals surface area contributed by atoms with Crippen LogP contribution in [0.25, 0.3) is 33.9 Å². The van der Waals surface area contributed by atoms with Gasteiger partial charge in [0.25, 0.3) is 0 Å². The quantitative estimate of drug-likeness (QED) is 0.205. The number of nitrogen functional groups attached to an aromatic ring is 2. The van der Waals surface area contributed by atoms with Gasteiger partial charge in [0.1, 0.15) is 23.0 Å². The number of hydrogen-bond acceptors (Lipinski definition) is 6. The Morgan fingerprint density at radius 3 is 1.32 bits per heavy atom. The lowest BCUT2D eigenvalue weighted by Crippen LogP contribution is -1.99. The van der Waals surface area contributed by atoms with Gasteiger partial charge < -0.3 is 20.9 Å². The molecule has 6 nitrogen and oxygen atoms in total. The number of rotatable bonds is 7. The molecular formula is C34H26N4O2. The number of aromatic nitrogens is 2. The Morgan fingerprint density at radius 1 is 0.450 bits per heavy atom. The summed E-state index contributed by atoms with van der Waals surface area (Å²) in [4.78, 5) is 9.93. The minimum atomic E-state index is 0.568. The molecule has 1 aromatic heterocycles. The van der Waals surface area contributed by atoms with Gasteiger partial charge in [0.05, 0.1) is 11.4 Å². The molecule has 40 heavy (non-hydrogen) atoms. The molecule has 0 aliphatic rings. The smallest absolute Gasteiger partial charge is 0.160 e. The predicted molar refractivity (Wildman–Crippen MR) is 160 cm³/mol. The molecular weight excluding hydrogens is 496 g/mol. The summed E-state index contributed by atoms with van der Waals surface area (Å²) in [6.07, 6.45) is 0. The topological polar surface area (TPSA) is 96.3 Å². The second-order valence-corrected chi connectivity index (χ2v) is 9.17. The fraction of sp³-hybridized carbons (Fsp3) is 0. The van der Waals surface area contributed by atoms with E-state index >= 15 is 0 Å². The van der Waals surface area contributed by atoms with Gasteiger partial charge in [-0.15, -0.1) is 0 Å². The summed E-state index contributed by atoms with van der Waals surface area (Å²) in [7, 11) is 0. The minimum absolute atomic E-state index is 0.568. The van der Waals surface area contributed by atoms with Crippen molar-refractivity contribution in [2.45, 2.75) is 0 Å². The first-order valence-electron chi connectivity index (χ1n) is 12.8. The molecule has 4 N–H and O–H groups in total. The normalized spacial score (nSPS) is 10.7. The van der Waals surface area contributed by atoms with Gasteiger partial charge in [-0.25, -0.2) is 9.97 Å². The molecule has 0 aliphatic heterocycles. The molecule has 0 saturated carbocycles. The van der Waals surface area contributed by atoms with Crippen LogP contribution in [-0.2, 0) is 0 Å². The third kappa shape index (κ3) is 5.47. The van der Waals surface area contributed by atoms with Crippen LogP contribution in [-0.4, -0.2) is 9.97 Å². The van der Waals surface area contributed by atoms with Crippen molar-refractivity contribution in [2.24, 2.45) is 0 Å². The van der Waals surface area contributed by atoms with E-state index in [2.05, 4.69) is 0 Å². The van der Waals surface area contributed by atoms with Gasteiger partial charge in [-0.05, 0) is 54.6 Å². The second kappa shape index (κ2) is 11.0. The van der Waals surface area contributed by atoms with Crippen molar-refractivity contribution in [1.29, 1.82) is 0 Å². The summed E-state index contributed by atoms with van der Waals surface area (Å²) in [6.45, 7) is 0. The van der Waals surface area contributed by atoms with Crippen molar-refractivity contribution in [3.05, 3.63) is 133 Å². The summed E-state index contributed by atoms with van der Waals surface area (Å²) in [5.74, 6) is 3.15. The van der Waals surface area contributed by atoms with E-state index < -0.39 is 0 Å². The Balaban J connectivity index is 1.52. The van der Waals surface area contributed by atoms with E-state index in [1.165, 1.54) is 0 Å². The van der Waals surface area contributed by atoms with E-state index in [0.717, 1.165) is 16.7 Å². The molecule has 0 unspecified atom stereocenters. The van der Waals surface area contributed by atoms with Gasteiger partial charge in [0.15, 0.2) is 5.82 Å². The van der Waals surface area contributed by atoms with Gasteiger partial charge in [-0.2, -0.15) is 0 Å². The first-order valence-corrected chi connectivity index (χ1v) is 12.8. The molecule has 1 heterocycles. The SMILES string of the molecule is Nc1ccc(-c2cc(-c3ccc(N)cc3Oc3ccccc3)nc(-c3ccccc3)n2)c(Oc2ccccc2)c1. The Morgan fingerprint density at radius 2 is 0.875 bits per heavy atom. The third-order valence-corrected chi connectivity index (χ3v) is 6.26. The zero-order chi connectivity index (χ0) is 27.3. The zero-order valence-electron chi connectivity index (χ0n) is 21.6. The summed E-state index contributed by atoms with van der Waals surface area (Å²) in [5, 5.41) is 0. The number of nitrogens with zero attached hydrogens (tertiary/aromatic N) is 2. The van der Waals surface area contributed by atoms with Gasteiger partial charge >= 0.3 is 0 Å². The molecule has 194 valence electrons. The minimum Gasteiger partial charge on any atom is -0.457 e. The average molecular weight is 523 g/mol. The Bertz CT molecular complexity index is 1650. The Hall–Kier alpha value is -5.62. The molecule has 6 heteroatoms. The van der Waals surface area contributed by atoms with Crippen LogP contribution in [0, 0.1) is 0 Å². The zero-order valence-corrected chi connectivity index (χ0v) is 21.6. The molecule has 0 radical (unpaired) electrons. The summed E-state index contributed by atoms with van der Waals surface area (Å²) in [5.41, 5.74) is 17.3. The van der Waals surface area contributed by atoms with E-state index in [9.17, 15) is 0 Å². The second-order valence-electron chi connectivity index (χ2n) is 9.17. The maximum Gasteiger partial charge on any atom is 0.160 e. The van der Waals surface area contributed by atoms with Crippen molar-refractivity contribution in [1.82, 2.24) is 9.97 Å². The molecule has 5 aromatic carbocycles. The van der Waals surface area contributed by atoms with E-state index in [-0.39, 0.29) is 0 Å². The van der Waals surface area contributed by atoms with Gasteiger partial charge in [-0.3, -0.25) is 0 Å². The lowest BCUT2D eigenvalue weighted by Gasteiger charge is -2.16. The Labute approximate surface area is 232 Å². The highest BCUT2D eigenvalue weighted by Gasteiger charge is 2.17. The predicted octanol–water partition coefficient (Wildman–Crippen LogP) is 8.23. The highest BCUT2D eigenvalue weighted by atomic mass is 16.5. The molecule has 6 rings (SSSR count). The number of para-hydroxylation sites is 2. The number of hydrogen-bond donors (Lipinski definition) is 2. The van der Waals surface area contributed by atoms with Gasteiger partial charge in [-0.1, -0.05) is 66.7 Å². The van der Waals surface area contributed by atoms with Crippen LogP contribution in [0.5, 0.6) is 23.0 Å². The molecule has 0 atom stereocenters.